The van der Waals surface area contributed by atoms with E-state index in [1.54, 1.807) is 17.7 Å². The second-order valence-corrected chi connectivity index (χ2v) is 25.4. The van der Waals surface area contributed by atoms with E-state index in [0.717, 1.165) is 19.3 Å². The van der Waals surface area contributed by atoms with Crippen molar-refractivity contribution in [2.45, 2.75) is 103 Å². The molecule has 1 atom stereocenters. The van der Waals surface area contributed by atoms with Gasteiger partial charge >= 0.3 is 229 Å². The molecule has 200 valence electrons. The van der Waals surface area contributed by atoms with Crippen molar-refractivity contribution in [2.75, 3.05) is 14.1 Å². The van der Waals surface area contributed by atoms with Gasteiger partial charge in [-0.3, -0.25) is 0 Å². The van der Waals surface area contributed by atoms with Gasteiger partial charge in [-0.15, -0.1) is 0 Å². The van der Waals surface area contributed by atoms with Crippen LogP contribution in [0.4, 0.5) is 0 Å². The van der Waals surface area contributed by atoms with Crippen LogP contribution in [-0.2, 0) is 12.8 Å². The van der Waals surface area contributed by atoms with Gasteiger partial charge in [0.1, 0.15) is 0 Å². The van der Waals surface area contributed by atoms with E-state index in [0.29, 0.717) is 5.92 Å². The van der Waals surface area contributed by atoms with Crippen molar-refractivity contribution in [1.29, 1.82) is 0 Å². The number of hydrogen-bond donors (Lipinski definition) is 0. The summed E-state index contributed by atoms with van der Waals surface area (Å²) >= 11 is -2.19. The number of aryl methyl sites for hydroxylation is 1. The molecule has 2 aromatic rings. The summed E-state index contributed by atoms with van der Waals surface area (Å²) in [5, 5.41) is 7.19. The van der Waals surface area contributed by atoms with E-state index >= 15 is 0 Å². The zero-order chi connectivity index (χ0) is 26.1. The standard InChI is InChI=1S/C21H27N2.3C4H9.Sn/c1-4-20(17-19-13-9-6-10-14-19)21(22-23(2)3)16-15-18-11-7-5-8-12-18;3*1-3-4-2;/h5-14,20H,1,4,15-17H2,2-3H3;3*1,3-4H2,2H3;/b22-21-;;;;. The Labute approximate surface area is 227 Å². The quantitative estimate of drug-likeness (QED) is 0.0895. The number of hydrogen-bond acceptors (Lipinski definition) is 2. The van der Waals surface area contributed by atoms with E-state index < -0.39 is 18.4 Å². The molecule has 2 rings (SSSR count). The second kappa shape index (κ2) is 18.0. The van der Waals surface area contributed by atoms with Crippen molar-refractivity contribution in [1.82, 2.24) is 5.01 Å². The third-order valence-corrected chi connectivity index (χ3v) is 23.8. The van der Waals surface area contributed by atoms with Crippen molar-refractivity contribution < 1.29 is 0 Å². The molecule has 0 aliphatic carbocycles. The van der Waals surface area contributed by atoms with Gasteiger partial charge in [0.05, 0.1) is 0 Å². The average molecular weight is 598 g/mol. The van der Waals surface area contributed by atoms with Crippen molar-refractivity contribution in [3.05, 3.63) is 71.8 Å². The van der Waals surface area contributed by atoms with Gasteiger partial charge in [0.2, 0.25) is 0 Å². The van der Waals surface area contributed by atoms with Crippen LogP contribution < -0.4 is 0 Å². The van der Waals surface area contributed by atoms with Crippen LogP contribution in [0.25, 0.3) is 0 Å². The molecule has 0 fully saturated rings. The summed E-state index contributed by atoms with van der Waals surface area (Å²) in [6.07, 6.45) is 13.0. The zero-order valence-corrected chi connectivity index (χ0v) is 27.0. The summed E-state index contributed by atoms with van der Waals surface area (Å²) in [5.74, 6) is 0.541. The van der Waals surface area contributed by atoms with E-state index in [-0.39, 0.29) is 0 Å². The second-order valence-electron chi connectivity index (χ2n) is 11.2. The summed E-state index contributed by atoms with van der Waals surface area (Å²) in [4.78, 5) is 0. The fourth-order valence-corrected chi connectivity index (χ4v) is 22.2. The first-order valence-corrected chi connectivity index (χ1v) is 22.9. The molecular weight excluding hydrogens is 543 g/mol. The Morgan fingerprint density at radius 1 is 0.722 bits per heavy atom. The van der Waals surface area contributed by atoms with Gasteiger partial charge in [-0.1, -0.05) is 0 Å². The molecule has 36 heavy (non-hydrogen) atoms. The number of benzene rings is 2. The Morgan fingerprint density at radius 2 is 1.22 bits per heavy atom. The van der Waals surface area contributed by atoms with E-state index in [1.807, 2.05) is 5.01 Å². The molecule has 2 nitrogen and oxygen atoms in total. The van der Waals surface area contributed by atoms with Crippen molar-refractivity contribution in [3.63, 3.8) is 0 Å². The SMILES string of the molecule is CCC[CH2][Sn]([CH2]CCC)([CH2]CCC)[CH2]CC(Cc1ccccc1)/C(CCc1ccccc1)=N\N(C)C. The third-order valence-electron chi connectivity index (χ3n) is 7.84. The molecule has 0 bridgehead atoms. The predicted molar refractivity (Wildman–Crippen MR) is 164 cm³/mol. The van der Waals surface area contributed by atoms with E-state index in [4.69, 9.17) is 5.10 Å². The molecule has 3 heteroatoms. The fourth-order valence-electron chi connectivity index (χ4n) is 5.68. The molecular formula is C33H54N2Sn. The molecule has 0 saturated carbocycles. The summed E-state index contributed by atoms with van der Waals surface area (Å²) in [7, 11) is 4.19. The molecule has 0 radical (unpaired) electrons. The molecule has 2 aromatic carbocycles. The number of rotatable bonds is 19. The van der Waals surface area contributed by atoms with E-state index in [2.05, 4.69) is 95.5 Å². The molecule has 0 spiro atoms. The van der Waals surface area contributed by atoms with Crippen LogP contribution in [0.2, 0.25) is 17.7 Å². The predicted octanol–water partition coefficient (Wildman–Crippen LogP) is 9.63. The number of nitrogens with zero attached hydrogens (tertiary/aromatic N) is 2. The van der Waals surface area contributed by atoms with Crippen LogP contribution in [-0.4, -0.2) is 43.2 Å². The van der Waals surface area contributed by atoms with Crippen molar-refractivity contribution in [3.8, 4) is 0 Å². The molecule has 0 heterocycles. The molecule has 0 amide bonds. The zero-order valence-electron chi connectivity index (χ0n) is 24.1. The first kappa shape index (κ1) is 30.9. The van der Waals surface area contributed by atoms with Crippen LogP contribution in [0.5, 0.6) is 0 Å². The van der Waals surface area contributed by atoms with Gasteiger partial charge in [-0.25, -0.2) is 0 Å². The Bertz CT molecular complexity index is 810. The van der Waals surface area contributed by atoms with Crippen LogP contribution in [0.15, 0.2) is 65.8 Å². The van der Waals surface area contributed by atoms with Gasteiger partial charge in [0.25, 0.3) is 0 Å². The van der Waals surface area contributed by atoms with Crippen LogP contribution >= 0.6 is 0 Å². The molecule has 0 saturated heterocycles. The molecule has 1 unspecified atom stereocenters. The molecule has 0 N–H and O–H groups in total. The molecule has 0 aliphatic heterocycles. The summed E-state index contributed by atoms with van der Waals surface area (Å²) < 4.78 is 6.36. The average Bonchev–Trinajstić information content (AvgIpc) is 2.90. The Hall–Kier alpha value is -1.29. The van der Waals surface area contributed by atoms with Crippen molar-refractivity contribution >= 4 is 24.1 Å². The minimum absolute atomic E-state index is 0.541. The van der Waals surface area contributed by atoms with Crippen LogP contribution in [0, 0.1) is 5.92 Å². The summed E-state index contributed by atoms with van der Waals surface area (Å²) in [6.45, 7) is 7.17. The molecule has 0 aliphatic rings. The molecule has 0 aromatic heterocycles. The third kappa shape index (κ3) is 11.8. The minimum atomic E-state index is -2.19. The maximum atomic E-state index is 5.15. The monoisotopic (exact) mass is 598 g/mol. The van der Waals surface area contributed by atoms with E-state index in [9.17, 15) is 0 Å². The fraction of sp³-hybridized carbons (Fsp3) is 0.606. The Kier molecular flexibility index (Phi) is 15.5. The van der Waals surface area contributed by atoms with Gasteiger partial charge < -0.3 is 0 Å². The first-order chi connectivity index (χ1) is 17.5. The van der Waals surface area contributed by atoms with Crippen LogP contribution in [0.3, 0.4) is 0 Å². The van der Waals surface area contributed by atoms with Crippen LogP contribution in [0.1, 0.15) is 83.3 Å². The van der Waals surface area contributed by atoms with Gasteiger partial charge in [-0.05, 0) is 0 Å². The first-order valence-electron chi connectivity index (χ1n) is 14.8. The van der Waals surface area contributed by atoms with Crippen molar-refractivity contribution in [2.24, 2.45) is 11.0 Å². The normalized spacial score (nSPS) is 13.1. The Morgan fingerprint density at radius 3 is 1.69 bits per heavy atom. The number of hydrazone groups is 1. The topological polar surface area (TPSA) is 15.6 Å². The van der Waals surface area contributed by atoms with E-state index in [1.165, 1.54) is 61.8 Å². The van der Waals surface area contributed by atoms with Gasteiger partial charge in [0.15, 0.2) is 0 Å². The summed E-state index contributed by atoms with van der Waals surface area (Å²) in [5.41, 5.74) is 4.30. The van der Waals surface area contributed by atoms with Gasteiger partial charge in [-0.2, -0.15) is 0 Å². The maximum absolute atomic E-state index is 5.15. The van der Waals surface area contributed by atoms with Gasteiger partial charge in [0, 0.05) is 0 Å². The Balaban J connectivity index is 2.31. The summed E-state index contributed by atoms with van der Waals surface area (Å²) in [6, 6.07) is 22.2. The number of unbranched alkanes of at least 4 members (excludes halogenated alkanes) is 3.